The van der Waals surface area contributed by atoms with Crippen LogP contribution in [-0.2, 0) is 4.79 Å². The molecule has 0 saturated heterocycles. The molecule has 0 saturated carbocycles. The molecule has 1 unspecified atom stereocenters. The van der Waals surface area contributed by atoms with Gasteiger partial charge in [-0.2, -0.15) is 5.10 Å². The summed E-state index contributed by atoms with van der Waals surface area (Å²) in [6, 6.07) is 20.0. The van der Waals surface area contributed by atoms with Crippen molar-refractivity contribution in [1.29, 1.82) is 0 Å². The van der Waals surface area contributed by atoms with E-state index in [9.17, 15) is 9.59 Å². The second kappa shape index (κ2) is 11.0. The number of halogens is 1. The molecule has 0 aliphatic heterocycles. The molecule has 1 N–H and O–H groups in total. The standard InChI is InChI=1S/C24H21ClN2O5/c1-16(31-21-13-7-19(25)8-14-21)23(28)27-26-15-17-3-9-22(10-4-17)32-24(29)18-5-11-20(30-2)12-6-18/h3-16H,1-2H3,(H,27,28)/b26-15+. The third-order valence-electron chi connectivity index (χ3n) is 4.30. The van der Waals surface area contributed by atoms with Gasteiger partial charge in [-0.15, -0.1) is 0 Å². The van der Waals surface area contributed by atoms with Crippen LogP contribution in [0.2, 0.25) is 5.02 Å². The van der Waals surface area contributed by atoms with Gasteiger partial charge in [-0.1, -0.05) is 11.6 Å². The van der Waals surface area contributed by atoms with Crippen molar-refractivity contribution in [3.63, 3.8) is 0 Å². The van der Waals surface area contributed by atoms with E-state index in [1.54, 1.807) is 86.8 Å². The van der Waals surface area contributed by atoms with Gasteiger partial charge in [-0.3, -0.25) is 4.79 Å². The lowest BCUT2D eigenvalue weighted by Crippen LogP contribution is -2.33. The first kappa shape index (κ1) is 22.8. The molecule has 0 aromatic heterocycles. The number of rotatable bonds is 8. The van der Waals surface area contributed by atoms with Crippen LogP contribution in [0.15, 0.2) is 77.9 Å². The largest absolute Gasteiger partial charge is 0.497 e. The summed E-state index contributed by atoms with van der Waals surface area (Å²) in [6.07, 6.45) is 0.732. The van der Waals surface area contributed by atoms with Gasteiger partial charge in [0.1, 0.15) is 17.2 Å². The second-order valence-electron chi connectivity index (χ2n) is 6.64. The van der Waals surface area contributed by atoms with Gasteiger partial charge in [0, 0.05) is 5.02 Å². The maximum atomic E-state index is 12.2. The average Bonchev–Trinajstić information content (AvgIpc) is 2.81. The SMILES string of the molecule is COc1ccc(C(=O)Oc2ccc(/C=N/NC(=O)C(C)Oc3ccc(Cl)cc3)cc2)cc1. The van der Waals surface area contributed by atoms with E-state index in [1.807, 2.05) is 0 Å². The molecule has 8 heteroatoms. The van der Waals surface area contributed by atoms with Crippen molar-refractivity contribution < 1.29 is 23.8 Å². The maximum Gasteiger partial charge on any atom is 0.343 e. The molecule has 3 aromatic rings. The molecule has 7 nitrogen and oxygen atoms in total. The van der Waals surface area contributed by atoms with Crippen molar-refractivity contribution in [3.8, 4) is 17.2 Å². The summed E-state index contributed by atoms with van der Waals surface area (Å²) in [5, 5.41) is 4.51. The zero-order valence-electron chi connectivity index (χ0n) is 17.4. The molecular formula is C24H21ClN2O5. The minimum Gasteiger partial charge on any atom is -0.497 e. The van der Waals surface area contributed by atoms with Crippen LogP contribution in [0.25, 0.3) is 0 Å². The molecule has 32 heavy (non-hydrogen) atoms. The number of hydrogen-bond donors (Lipinski definition) is 1. The lowest BCUT2D eigenvalue weighted by molar-refractivity contribution is -0.127. The number of benzene rings is 3. The van der Waals surface area contributed by atoms with Crippen LogP contribution in [-0.4, -0.2) is 31.3 Å². The van der Waals surface area contributed by atoms with E-state index in [-0.39, 0.29) is 0 Å². The molecule has 0 aliphatic rings. The predicted octanol–water partition coefficient (Wildman–Crippen LogP) is 4.49. The number of ether oxygens (including phenoxy) is 3. The number of amides is 1. The van der Waals surface area contributed by atoms with Crippen LogP contribution in [0.3, 0.4) is 0 Å². The topological polar surface area (TPSA) is 86.2 Å². The lowest BCUT2D eigenvalue weighted by atomic mass is 10.2. The van der Waals surface area contributed by atoms with E-state index in [2.05, 4.69) is 10.5 Å². The predicted molar refractivity (Wildman–Crippen MR) is 122 cm³/mol. The third kappa shape index (κ3) is 6.58. The van der Waals surface area contributed by atoms with Gasteiger partial charge in [0.2, 0.25) is 0 Å². The number of nitrogens with one attached hydrogen (secondary N) is 1. The molecule has 0 bridgehead atoms. The highest BCUT2D eigenvalue weighted by Gasteiger charge is 2.14. The van der Waals surface area contributed by atoms with Gasteiger partial charge in [0.05, 0.1) is 18.9 Å². The van der Waals surface area contributed by atoms with E-state index in [0.29, 0.717) is 33.4 Å². The van der Waals surface area contributed by atoms with Crippen LogP contribution in [0.5, 0.6) is 17.2 Å². The van der Waals surface area contributed by atoms with Crippen molar-refractivity contribution in [1.82, 2.24) is 5.43 Å². The lowest BCUT2D eigenvalue weighted by Gasteiger charge is -2.12. The Balaban J connectivity index is 1.49. The third-order valence-corrected chi connectivity index (χ3v) is 4.55. The molecule has 0 heterocycles. The van der Waals surface area contributed by atoms with E-state index in [4.69, 9.17) is 25.8 Å². The number of methoxy groups -OCH3 is 1. The summed E-state index contributed by atoms with van der Waals surface area (Å²) in [5.41, 5.74) is 3.54. The fraction of sp³-hybridized carbons (Fsp3) is 0.125. The van der Waals surface area contributed by atoms with Gasteiger partial charge in [-0.05, 0) is 85.3 Å². The highest BCUT2D eigenvalue weighted by Crippen LogP contribution is 2.17. The first-order valence-electron chi connectivity index (χ1n) is 9.66. The van der Waals surface area contributed by atoms with Crippen molar-refractivity contribution in [2.24, 2.45) is 5.10 Å². The quantitative estimate of drug-likeness (QED) is 0.235. The fourth-order valence-corrected chi connectivity index (χ4v) is 2.67. The summed E-state index contributed by atoms with van der Waals surface area (Å²) in [7, 11) is 1.55. The molecule has 0 aliphatic carbocycles. The Morgan fingerprint density at radius 3 is 2.12 bits per heavy atom. The smallest absolute Gasteiger partial charge is 0.343 e. The number of esters is 1. The Kier molecular flexibility index (Phi) is 7.83. The number of hydrazone groups is 1. The Labute approximate surface area is 190 Å². The minimum atomic E-state index is -0.743. The molecule has 3 rings (SSSR count). The Morgan fingerprint density at radius 1 is 0.906 bits per heavy atom. The summed E-state index contributed by atoms with van der Waals surface area (Å²) >= 11 is 5.83. The fourth-order valence-electron chi connectivity index (χ4n) is 2.55. The molecule has 1 amide bonds. The summed E-state index contributed by atoms with van der Waals surface area (Å²) in [6.45, 7) is 1.62. The highest BCUT2D eigenvalue weighted by atomic mass is 35.5. The normalized spacial score (nSPS) is 11.6. The Hall–Kier alpha value is -3.84. The Bertz CT molecular complexity index is 1080. The van der Waals surface area contributed by atoms with Gasteiger partial charge in [-0.25, -0.2) is 10.2 Å². The monoisotopic (exact) mass is 452 g/mol. The van der Waals surface area contributed by atoms with E-state index in [0.717, 1.165) is 0 Å². The summed E-state index contributed by atoms with van der Waals surface area (Å²) < 4.78 is 16.0. The minimum absolute atomic E-state index is 0.386. The highest BCUT2D eigenvalue weighted by molar-refractivity contribution is 6.30. The van der Waals surface area contributed by atoms with Crippen LogP contribution >= 0.6 is 11.6 Å². The zero-order chi connectivity index (χ0) is 22.9. The first-order chi connectivity index (χ1) is 15.4. The molecular weight excluding hydrogens is 432 g/mol. The van der Waals surface area contributed by atoms with Crippen LogP contribution in [0.4, 0.5) is 0 Å². The van der Waals surface area contributed by atoms with E-state index >= 15 is 0 Å². The van der Waals surface area contributed by atoms with Gasteiger partial charge in [0.15, 0.2) is 6.10 Å². The van der Waals surface area contributed by atoms with E-state index < -0.39 is 18.0 Å². The van der Waals surface area contributed by atoms with Gasteiger partial charge >= 0.3 is 5.97 Å². The molecule has 0 radical (unpaired) electrons. The van der Waals surface area contributed by atoms with E-state index in [1.165, 1.54) is 6.21 Å². The van der Waals surface area contributed by atoms with Crippen molar-refractivity contribution >= 4 is 29.7 Å². The van der Waals surface area contributed by atoms with Crippen LogP contribution < -0.4 is 19.6 Å². The number of hydrogen-bond acceptors (Lipinski definition) is 6. The zero-order valence-corrected chi connectivity index (χ0v) is 18.2. The summed E-state index contributed by atoms with van der Waals surface area (Å²) in [4.78, 5) is 24.3. The van der Waals surface area contributed by atoms with Crippen molar-refractivity contribution in [2.45, 2.75) is 13.0 Å². The first-order valence-corrected chi connectivity index (χ1v) is 10.0. The van der Waals surface area contributed by atoms with Crippen LogP contribution in [0, 0.1) is 0 Å². The average molecular weight is 453 g/mol. The molecule has 3 aromatic carbocycles. The molecule has 164 valence electrons. The van der Waals surface area contributed by atoms with Gasteiger partial charge < -0.3 is 14.2 Å². The summed E-state index contributed by atoms with van der Waals surface area (Å²) in [5.74, 6) is 0.693. The Morgan fingerprint density at radius 2 is 1.50 bits per heavy atom. The number of carbonyl (C=O) groups excluding carboxylic acids is 2. The van der Waals surface area contributed by atoms with Crippen molar-refractivity contribution in [3.05, 3.63) is 88.9 Å². The molecule has 1 atom stereocenters. The van der Waals surface area contributed by atoms with Crippen molar-refractivity contribution in [2.75, 3.05) is 7.11 Å². The van der Waals surface area contributed by atoms with Gasteiger partial charge in [0.25, 0.3) is 5.91 Å². The number of nitrogens with zero attached hydrogens (tertiary/aromatic N) is 1. The van der Waals surface area contributed by atoms with Crippen LogP contribution in [0.1, 0.15) is 22.8 Å². The maximum absolute atomic E-state index is 12.2. The molecule has 0 fully saturated rings. The number of carbonyl (C=O) groups is 2. The molecule has 0 spiro atoms. The second-order valence-corrected chi connectivity index (χ2v) is 7.07.